The average Bonchev–Trinajstić information content (AvgIpc) is 1.99. The van der Waals surface area contributed by atoms with Crippen molar-refractivity contribution in [2.24, 2.45) is 17.3 Å². The number of aliphatic hydroxyl groups excluding tert-OH is 1. The van der Waals surface area contributed by atoms with Gasteiger partial charge in [-0.2, -0.15) is 0 Å². The van der Waals surface area contributed by atoms with E-state index < -0.39 is 0 Å². The number of hydrogen-bond acceptors (Lipinski definition) is 2. The fraction of sp³-hybridized carbons (Fsp3) is 1.00. The summed E-state index contributed by atoms with van der Waals surface area (Å²) in [6.45, 7) is 10.3. The van der Waals surface area contributed by atoms with Gasteiger partial charge in [0.1, 0.15) is 0 Å². The van der Waals surface area contributed by atoms with E-state index in [9.17, 15) is 5.11 Å². The second-order valence-corrected chi connectivity index (χ2v) is 6.03. The Morgan fingerprint density at radius 1 is 1.33 bits per heavy atom. The highest BCUT2D eigenvalue weighted by atomic mass is 16.3. The average molecular weight is 213 g/mol. The first-order chi connectivity index (χ1) is 6.97. The highest BCUT2D eigenvalue weighted by Gasteiger charge is 2.34. The second-order valence-electron chi connectivity index (χ2n) is 6.03. The fourth-order valence-corrected chi connectivity index (χ4v) is 2.24. The maximum Gasteiger partial charge on any atom is 0.0587 e. The van der Waals surface area contributed by atoms with Gasteiger partial charge in [0.15, 0.2) is 0 Å². The summed E-state index contributed by atoms with van der Waals surface area (Å²) in [5, 5.41) is 12.7. The van der Waals surface area contributed by atoms with Crippen LogP contribution in [0, 0.1) is 17.3 Å². The van der Waals surface area contributed by atoms with Crippen LogP contribution in [-0.2, 0) is 0 Å². The van der Waals surface area contributed by atoms with E-state index in [1.54, 1.807) is 0 Å². The topological polar surface area (TPSA) is 32.3 Å². The van der Waals surface area contributed by atoms with Crippen molar-refractivity contribution in [3.8, 4) is 0 Å². The predicted octanol–water partition coefficient (Wildman–Crippen LogP) is 2.42. The molecule has 1 atom stereocenters. The monoisotopic (exact) mass is 213 g/mol. The molecule has 2 heteroatoms. The fourth-order valence-electron chi connectivity index (χ4n) is 2.24. The van der Waals surface area contributed by atoms with Crippen LogP contribution >= 0.6 is 0 Å². The molecule has 0 aliphatic heterocycles. The molecule has 0 saturated heterocycles. The molecule has 0 bridgehead atoms. The van der Waals surface area contributed by atoms with Crippen molar-refractivity contribution in [3.63, 3.8) is 0 Å². The Bertz CT molecular complexity index is 185. The first kappa shape index (κ1) is 13.0. The number of rotatable bonds is 6. The summed E-state index contributed by atoms with van der Waals surface area (Å²) < 4.78 is 0. The van der Waals surface area contributed by atoms with Crippen LogP contribution in [0.4, 0.5) is 0 Å². The van der Waals surface area contributed by atoms with Gasteiger partial charge < -0.3 is 10.4 Å². The van der Waals surface area contributed by atoms with Gasteiger partial charge in [0.25, 0.3) is 0 Å². The van der Waals surface area contributed by atoms with Crippen molar-refractivity contribution >= 4 is 0 Å². The van der Waals surface area contributed by atoms with Gasteiger partial charge in [-0.1, -0.05) is 34.1 Å². The van der Waals surface area contributed by atoms with Crippen LogP contribution in [0.5, 0.6) is 0 Å². The minimum atomic E-state index is 0.248. The summed E-state index contributed by atoms with van der Waals surface area (Å²) in [6, 6.07) is 0.254. The molecule has 0 radical (unpaired) electrons. The van der Waals surface area contributed by atoms with Crippen molar-refractivity contribution in [1.82, 2.24) is 5.32 Å². The first-order valence-corrected chi connectivity index (χ1v) is 6.31. The summed E-state index contributed by atoms with van der Waals surface area (Å²) in [5.41, 5.74) is 0.389. The third-order valence-corrected chi connectivity index (χ3v) is 4.03. The molecule has 1 saturated carbocycles. The lowest BCUT2D eigenvalue weighted by Gasteiger charge is -2.41. The normalized spacial score (nSPS) is 20.4. The molecule has 1 aliphatic rings. The van der Waals surface area contributed by atoms with Crippen LogP contribution in [0.3, 0.4) is 0 Å². The highest BCUT2D eigenvalue weighted by molar-refractivity contribution is 4.87. The molecular formula is C13H27NO. The second kappa shape index (κ2) is 5.31. The van der Waals surface area contributed by atoms with E-state index in [4.69, 9.17) is 0 Å². The minimum absolute atomic E-state index is 0.248. The summed E-state index contributed by atoms with van der Waals surface area (Å²) in [7, 11) is 0. The van der Waals surface area contributed by atoms with E-state index in [1.807, 2.05) is 0 Å². The Labute approximate surface area is 94.5 Å². The van der Waals surface area contributed by atoms with E-state index in [0.717, 1.165) is 12.5 Å². The van der Waals surface area contributed by atoms with E-state index in [-0.39, 0.29) is 12.6 Å². The zero-order valence-corrected chi connectivity index (χ0v) is 10.7. The Hall–Kier alpha value is -0.0800. The third-order valence-electron chi connectivity index (χ3n) is 4.03. The molecule has 0 spiro atoms. The number of aliphatic hydroxyl groups is 1. The predicted molar refractivity (Wildman–Crippen MR) is 64.8 cm³/mol. The third kappa shape index (κ3) is 3.46. The summed E-state index contributed by atoms with van der Waals surface area (Å²) in [4.78, 5) is 0. The van der Waals surface area contributed by atoms with Crippen molar-refractivity contribution in [2.45, 2.75) is 53.0 Å². The molecule has 1 aliphatic carbocycles. The van der Waals surface area contributed by atoms with E-state index in [0.29, 0.717) is 11.3 Å². The Kier molecular flexibility index (Phi) is 4.60. The van der Waals surface area contributed by atoms with Gasteiger partial charge in [0.2, 0.25) is 0 Å². The van der Waals surface area contributed by atoms with Crippen LogP contribution in [0.15, 0.2) is 0 Å². The van der Waals surface area contributed by atoms with Gasteiger partial charge in [-0.3, -0.25) is 0 Å². The van der Waals surface area contributed by atoms with Gasteiger partial charge in [-0.25, -0.2) is 0 Å². The Morgan fingerprint density at radius 3 is 2.27 bits per heavy atom. The summed E-state index contributed by atoms with van der Waals surface area (Å²) >= 11 is 0. The Balaban J connectivity index is 2.33. The molecule has 0 amide bonds. The van der Waals surface area contributed by atoms with Gasteiger partial charge in [0, 0.05) is 12.6 Å². The largest absolute Gasteiger partial charge is 0.395 e. The van der Waals surface area contributed by atoms with Crippen LogP contribution < -0.4 is 5.32 Å². The van der Waals surface area contributed by atoms with Crippen molar-refractivity contribution < 1.29 is 5.11 Å². The van der Waals surface area contributed by atoms with E-state index >= 15 is 0 Å². The number of hydrogen-bond donors (Lipinski definition) is 2. The standard InChI is InChI=1S/C13H27NO/c1-10(2)12(8-15)14-9-13(3,4)11-6-5-7-11/h10-12,14-15H,5-9H2,1-4H3. The van der Waals surface area contributed by atoms with Gasteiger partial charge in [0.05, 0.1) is 6.61 Å². The maximum absolute atomic E-state index is 9.24. The van der Waals surface area contributed by atoms with Gasteiger partial charge in [-0.05, 0) is 30.1 Å². The smallest absolute Gasteiger partial charge is 0.0587 e. The zero-order valence-electron chi connectivity index (χ0n) is 10.7. The lowest BCUT2D eigenvalue weighted by atomic mass is 9.67. The molecule has 1 fully saturated rings. The molecule has 2 nitrogen and oxygen atoms in total. The summed E-state index contributed by atoms with van der Waals surface area (Å²) in [6.07, 6.45) is 4.18. The van der Waals surface area contributed by atoms with Crippen LogP contribution in [0.1, 0.15) is 47.0 Å². The van der Waals surface area contributed by atoms with E-state index in [2.05, 4.69) is 33.0 Å². The molecule has 1 rings (SSSR count). The number of nitrogens with one attached hydrogen (secondary N) is 1. The van der Waals surface area contributed by atoms with Crippen molar-refractivity contribution in [1.29, 1.82) is 0 Å². The minimum Gasteiger partial charge on any atom is -0.395 e. The lowest BCUT2D eigenvalue weighted by molar-refractivity contribution is 0.104. The highest BCUT2D eigenvalue weighted by Crippen LogP contribution is 2.41. The Morgan fingerprint density at radius 2 is 1.93 bits per heavy atom. The van der Waals surface area contributed by atoms with Gasteiger partial charge in [-0.15, -0.1) is 0 Å². The molecule has 15 heavy (non-hydrogen) atoms. The SMILES string of the molecule is CC(C)C(CO)NCC(C)(C)C1CCC1. The maximum atomic E-state index is 9.24. The molecule has 2 N–H and O–H groups in total. The van der Waals surface area contributed by atoms with Crippen LogP contribution in [-0.4, -0.2) is 24.3 Å². The lowest BCUT2D eigenvalue weighted by Crippen LogP contribution is -2.45. The summed E-state index contributed by atoms with van der Waals surface area (Å²) in [5.74, 6) is 1.39. The molecular weight excluding hydrogens is 186 g/mol. The first-order valence-electron chi connectivity index (χ1n) is 6.31. The van der Waals surface area contributed by atoms with Crippen LogP contribution in [0.25, 0.3) is 0 Å². The van der Waals surface area contributed by atoms with Crippen molar-refractivity contribution in [2.75, 3.05) is 13.2 Å². The molecule has 0 aromatic heterocycles. The van der Waals surface area contributed by atoms with E-state index in [1.165, 1.54) is 19.3 Å². The molecule has 90 valence electrons. The molecule has 0 aromatic carbocycles. The van der Waals surface area contributed by atoms with Gasteiger partial charge >= 0.3 is 0 Å². The zero-order chi connectivity index (χ0) is 11.5. The molecule has 0 heterocycles. The quantitative estimate of drug-likeness (QED) is 0.710. The molecule has 0 aromatic rings. The van der Waals surface area contributed by atoms with Crippen LogP contribution in [0.2, 0.25) is 0 Å². The molecule has 1 unspecified atom stereocenters. The van der Waals surface area contributed by atoms with Crippen molar-refractivity contribution in [3.05, 3.63) is 0 Å².